The first-order valence-corrected chi connectivity index (χ1v) is 7.27. The lowest BCUT2D eigenvalue weighted by Crippen LogP contribution is -2.18. The van der Waals surface area contributed by atoms with Gasteiger partial charge in [0.1, 0.15) is 0 Å². The molecule has 1 fully saturated rings. The molecular weight excluding hydrogens is 274 g/mol. The molecule has 1 amide bonds. The molecule has 1 saturated carbocycles. The molecule has 1 N–H and O–H groups in total. The van der Waals surface area contributed by atoms with Crippen molar-refractivity contribution in [3.8, 4) is 0 Å². The standard InChI is InChI=1S/C16H18ClNO2/c1-2-15(19)18-14-9-8-12(10-13(14)17)16(20)11-6-4-3-5-7-11/h2,8-11H,1,3-7H2,(H,18,19). The number of benzene rings is 1. The number of carbonyl (C=O) groups is 2. The van der Waals surface area contributed by atoms with E-state index >= 15 is 0 Å². The minimum Gasteiger partial charge on any atom is -0.321 e. The quantitative estimate of drug-likeness (QED) is 0.666. The molecule has 0 unspecified atom stereocenters. The van der Waals surface area contributed by atoms with Crippen molar-refractivity contribution in [2.24, 2.45) is 5.92 Å². The third-order valence-electron chi connectivity index (χ3n) is 3.67. The number of anilines is 1. The first kappa shape index (κ1) is 14.8. The maximum absolute atomic E-state index is 12.4. The summed E-state index contributed by atoms with van der Waals surface area (Å²) < 4.78 is 0. The third-order valence-corrected chi connectivity index (χ3v) is 3.99. The molecule has 0 atom stereocenters. The fourth-order valence-electron chi connectivity index (χ4n) is 2.55. The zero-order chi connectivity index (χ0) is 14.5. The van der Waals surface area contributed by atoms with Gasteiger partial charge in [-0.3, -0.25) is 9.59 Å². The van der Waals surface area contributed by atoms with Crippen LogP contribution in [0, 0.1) is 5.92 Å². The van der Waals surface area contributed by atoms with Crippen molar-refractivity contribution < 1.29 is 9.59 Å². The molecule has 4 heteroatoms. The smallest absolute Gasteiger partial charge is 0.247 e. The van der Waals surface area contributed by atoms with Gasteiger partial charge in [0.25, 0.3) is 0 Å². The Bertz CT molecular complexity index is 533. The molecule has 3 nitrogen and oxygen atoms in total. The fourth-order valence-corrected chi connectivity index (χ4v) is 2.78. The van der Waals surface area contributed by atoms with Crippen molar-refractivity contribution in [1.82, 2.24) is 0 Å². The second-order valence-electron chi connectivity index (χ2n) is 5.09. The van der Waals surface area contributed by atoms with Gasteiger partial charge in [0.05, 0.1) is 10.7 Å². The van der Waals surface area contributed by atoms with Crippen LogP contribution in [-0.4, -0.2) is 11.7 Å². The van der Waals surface area contributed by atoms with Crippen LogP contribution in [0.4, 0.5) is 5.69 Å². The van der Waals surface area contributed by atoms with E-state index in [1.165, 1.54) is 12.5 Å². The second-order valence-corrected chi connectivity index (χ2v) is 5.49. The van der Waals surface area contributed by atoms with Crippen molar-refractivity contribution in [3.05, 3.63) is 41.4 Å². The number of ketones is 1. The summed E-state index contributed by atoms with van der Waals surface area (Å²) in [5.41, 5.74) is 1.12. The molecule has 0 aromatic heterocycles. The van der Waals surface area contributed by atoms with E-state index in [4.69, 9.17) is 11.6 Å². The first-order valence-electron chi connectivity index (χ1n) is 6.89. The highest BCUT2D eigenvalue weighted by molar-refractivity contribution is 6.34. The summed E-state index contributed by atoms with van der Waals surface area (Å²) in [7, 11) is 0. The average molecular weight is 292 g/mol. The Kier molecular flexibility index (Phi) is 4.96. The van der Waals surface area contributed by atoms with E-state index in [9.17, 15) is 9.59 Å². The molecule has 0 heterocycles. The maximum atomic E-state index is 12.4. The van der Waals surface area contributed by atoms with Gasteiger partial charge in [-0.15, -0.1) is 0 Å². The minimum atomic E-state index is -0.321. The Morgan fingerprint density at radius 2 is 1.95 bits per heavy atom. The maximum Gasteiger partial charge on any atom is 0.247 e. The predicted octanol–water partition coefficient (Wildman–Crippen LogP) is 4.23. The number of halogens is 1. The van der Waals surface area contributed by atoms with E-state index < -0.39 is 0 Å². The zero-order valence-corrected chi connectivity index (χ0v) is 12.1. The molecule has 0 radical (unpaired) electrons. The summed E-state index contributed by atoms with van der Waals surface area (Å²) in [6.07, 6.45) is 6.57. The molecular formula is C16H18ClNO2. The lowest BCUT2D eigenvalue weighted by atomic mass is 9.84. The Hall–Kier alpha value is -1.61. The molecule has 1 aliphatic rings. The van der Waals surface area contributed by atoms with E-state index in [0.29, 0.717) is 16.3 Å². The third kappa shape index (κ3) is 3.48. The van der Waals surface area contributed by atoms with Crippen molar-refractivity contribution in [1.29, 1.82) is 0 Å². The highest BCUT2D eigenvalue weighted by Gasteiger charge is 2.22. The van der Waals surface area contributed by atoms with Gasteiger partial charge in [0.15, 0.2) is 5.78 Å². The van der Waals surface area contributed by atoms with Crippen LogP contribution in [0.15, 0.2) is 30.9 Å². The lowest BCUT2D eigenvalue weighted by Gasteiger charge is -2.20. The molecule has 2 rings (SSSR count). The summed E-state index contributed by atoms with van der Waals surface area (Å²) in [6, 6.07) is 5.03. The van der Waals surface area contributed by atoms with Gasteiger partial charge >= 0.3 is 0 Å². The molecule has 0 bridgehead atoms. The Morgan fingerprint density at radius 1 is 1.25 bits per heavy atom. The number of hydrogen-bond donors (Lipinski definition) is 1. The number of hydrogen-bond acceptors (Lipinski definition) is 2. The van der Waals surface area contributed by atoms with E-state index in [2.05, 4.69) is 11.9 Å². The van der Waals surface area contributed by atoms with Crippen LogP contribution in [0.2, 0.25) is 5.02 Å². The van der Waals surface area contributed by atoms with Crippen LogP contribution >= 0.6 is 11.6 Å². The minimum absolute atomic E-state index is 0.119. The van der Waals surface area contributed by atoms with Crippen LogP contribution in [0.3, 0.4) is 0 Å². The lowest BCUT2D eigenvalue weighted by molar-refractivity contribution is -0.111. The summed E-state index contributed by atoms with van der Waals surface area (Å²) in [6.45, 7) is 3.38. The highest BCUT2D eigenvalue weighted by Crippen LogP contribution is 2.29. The largest absolute Gasteiger partial charge is 0.321 e. The molecule has 1 aromatic rings. The molecule has 20 heavy (non-hydrogen) atoms. The van der Waals surface area contributed by atoms with Crippen molar-refractivity contribution in [2.75, 3.05) is 5.32 Å². The van der Waals surface area contributed by atoms with E-state index in [0.717, 1.165) is 25.7 Å². The molecule has 1 aromatic carbocycles. The predicted molar refractivity (Wildman–Crippen MR) is 81.2 cm³/mol. The van der Waals surface area contributed by atoms with Crippen LogP contribution in [-0.2, 0) is 4.79 Å². The van der Waals surface area contributed by atoms with Gasteiger partial charge in [-0.25, -0.2) is 0 Å². The molecule has 1 aliphatic carbocycles. The summed E-state index contributed by atoms with van der Waals surface area (Å²) in [5, 5.41) is 2.98. The van der Waals surface area contributed by atoms with Crippen molar-refractivity contribution >= 4 is 29.0 Å². The molecule has 0 saturated heterocycles. The summed E-state index contributed by atoms with van der Waals surface area (Å²) in [5.74, 6) is -0.0418. The van der Waals surface area contributed by atoms with Gasteiger partial charge in [0, 0.05) is 11.5 Å². The number of carbonyl (C=O) groups excluding carboxylic acids is 2. The molecule has 0 spiro atoms. The van der Waals surface area contributed by atoms with Gasteiger partial charge in [-0.1, -0.05) is 37.4 Å². The van der Waals surface area contributed by atoms with Crippen LogP contribution < -0.4 is 5.32 Å². The Labute approximate surface area is 124 Å². The SMILES string of the molecule is C=CC(=O)Nc1ccc(C(=O)C2CCCCC2)cc1Cl. The topological polar surface area (TPSA) is 46.2 Å². The van der Waals surface area contributed by atoms with Gasteiger partial charge in [0.2, 0.25) is 5.91 Å². The number of amides is 1. The monoisotopic (exact) mass is 291 g/mol. The summed E-state index contributed by atoms with van der Waals surface area (Å²) in [4.78, 5) is 23.6. The van der Waals surface area contributed by atoms with Crippen LogP contribution in [0.25, 0.3) is 0 Å². The number of Topliss-reactive ketones (excluding diaryl/α,β-unsaturated/α-hetero) is 1. The Balaban J connectivity index is 2.13. The van der Waals surface area contributed by atoms with Crippen LogP contribution in [0.5, 0.6) is 0 Å². The number of rotatable bonds is 4. The van der Waals surface area contributed by atoms with Gasteiger partial charge < -0.3 is 5.32 Å². The van der Waals surface area contributed by atoms with Crippen molar-refractivity contribution in [3.63, 3.8) is 0 Å². The highest BCUT2D eigenvalue weighted by atomic mass is 35.5. The first-order chi connectivity index (χ1) is 9.61. The van der Waals surface area contributed by atoms with E-state index in [1.807, 2.05) is 0 Å². The average Bonchev–Trinajstić information content (AvgIpc) is 2.49. The van der Waals surface area contributed by atoms with E-state index in [-0.39, 0.29) is 17.6 Å². The molecule has 0 aliphatic heterocycles. The van der Waals surface area contributed by atoms with Gasteiger partial charge in [-0.05, 0) is 37.1 Å². The van der Waals surface area contributed by atoms with Crippen LogP contribution in [0.1, 0.15) is 42.5 Å². The van der Waals surface area contributed by atoms with E-state index in [1.54, 1.807) is 18.2 Å². The fraction of sp³-hybridized carbons (Fsp3) is 0.375. The van der Waals surface area contributed by atoms with Crippen molar-refractivity contribution in [2.45, 2.75) is 32.1 Å². The Morgan fingerprint density at radius 3 is 2.55 bits per heavy atom. The zero-order valence-electron chi connectivity index (χ0n) is 11.3. The normalized spacial score (nSPS) is 15.7. The number of nitrogens with one attached hydrogen (secondary N) is 1. The second kappa shape index (κ2) is 6.71. The summed E-state index contributed by atoms with van der Waals surface area (Å²) >= 11 is 6.11. The van der Waals surface area contributed by atoms with Gasteiger partial charge in [-0.2, -0.15) is 0 Å². The molecule has 106 valence electrons.